The third-order valence-electron chi connectivity index (χ3n) is 5.93. The lowest BCUT2D eigenvalue weighted by Gasteiger charge is -2.13. The van der Waals surface area contributed by atoms with Gasteiger partial charge in [0.2, 0.25) is 11.2 Å². The summed E-state index contributed by atoms with van der Waals surface area (Å²) < 4.78 is 27.6. The Morgan fingerprint density at radius 3 is 2.31 bits per heavy atom. The van der Waals surface area contributed by atoms with E-state index in [1.165, 1.54) is 36.4 Å². The molecule has 11 heteroatoms. The molecule has 0 aliphatic heterocycles. The number of aromatic hydroxyl groups is 4. The summed E-state index contributed by atoms with van der Waals surface area (Å²) in [4.78, 5) is 25.0. The molecule has 0 atom stereocenters. The van der Waals surface area contributed by atoms with Gasteiger partial charge in [-0.2, -0.15) is 0 Å². The highest BCUT2D eigenvalue weighted by Gasteiger charge is 2.21. The number of esters is 1. The molecule has 42 heavy (non-hydrogen) atoms. The van der Waals surface area contributed by atoms with E-state index >= 15 is 0 Å². The van der Waals surface area contributed by atoms with Crippen molar-refractivity contribution in [2.24, 2.45) is 0 Å². The number of ether oxygens (including phenoxy) is 4. The second-order valence-corrected chi connectivity index (χ2v) is 9.12. The summed E-state index contributed by atoms with van der Waals surface area (Å²) in [5.74, 6) is -1.73. The van der Waals surface area contributed by atoms with Gasteiger partial charge in [0.15, 0.2) is 17.3 Å². The summed E-state index contributed by atoms with van der Waals surface area (Å²) in [6.07, 6.45) is 2.64. The van der Waals surface area contributed by atoms with Crippen LogP contribution in [-0.2, 0) is 19.0 Å². The third-order valence-corrected chi connectivity index (χ3v) is 5.93. The van der Waals surface area contributed by atoms with Crippen LogP contribution in [0.15, 0.2) is 69.9 Å². The minimum absolute atomic E-state index is 0.0106. The molecule has 3 aromatic carbocycles. The van der Waals surface area contributed by atoms with E-state index in [1.54, 1.807) is 6.07 Å². The first kappa shape index (κ1) is 30.0. The molecule has 4 aromatic rings. The van der Waals surface area contributed by atoms with Gasteiger partial charge in [0.05, 0.1) is 26.4 Å². The summed E-state index contributed by atoms with van der Waals surface area (Å²) in [6.45, 7) is 2.65. The summed E-state index contributed by atoms with van der Waals surface area (Å²) in [7, 11) is 0. The number of hydrogen-bond donors (Lipinski definition) is 4. The predicted molar refractivity (Wildman–Crippen MR) is 153 cm³/mol. The lowest BCUT2D eigenvalue weighted by Crippen LogP contribution is -2.16. The number of carbonyl (C=O) groups is 1. The second kappa shape index (κ2) is 14.1. The Morgan fingerprint density at radius 1 is 0.833 bits per heavy atom. The maximum atomic E-state index is 13.2. The fourth-order valence-corrected chi connectivity index (χ4v) is 3.96. The number of rotatable bonds is 13. The SMILES string of the molecule is Cc1cccc(-c2oc3cc(O)cc(O)c3c(=O)c2OCCOCCOCCOC(=O)/C=C/c2ccc(O)c(O)c2)c1. The number of benzene rings is 3. The molecule has 0 aliphatic carbocycles. The Hall–Kier alpha value is -5.00. The molecule has 4 rings (SSSR count). The average molecular weight is 579 g/mol. The zero-order chi connectivity index (χ0) is 30.1. The summed E-state index contributed by atoms with van der Waals surface area (Å²) in [5, 5.41) is 38.8. The van der Waals surface area contributed by atoms with Gasteiger partial charge in [-0.05, 0) is 36.8 Å². The third kappa shape index (κ3) is 7.80. The van der Waals surface area contributed by atoms with Crippen LogP contribution < -0.4 is 10.2 Å². The van der Waals surface area contributed by atoms with Crippen LogP contribution in [0.2, 0.25) is 0 Å². The minimum Gasteiger partial charge on any atom is -0.508 e. The number of phenols is 4. The fraction of sp³-hybridized carbons (Fsp3) is 0.226. The maximum absolute atomic E-state index is 13.2. The molecule has 0 spiro atoms. The molecular weight excluding hydrogens is 548 g/mol. The Morgan fingerprint density at radius 2 is 1.57 bits per heavy atom. The minimum atomic E-state index is -0.590. The molecule has 0 saturated carbocycles. The van der Waals surface area contributed by atoms with Gasteiger partial charge in [0.25, 0.3) is 0 Å². The van der Waals surface area contributed by atoms with E-state index in [-0.39, 0.29) is 79.4 Å². The van der Waals surface area contributed by atoms with Crippen molar-refractivity contribution in [1.82, 2.24) is 0 Å². The van der Waals surface area contributed by atoms with Gasteiger partial charge in [0, 0.05) is 23.8 Å². The number of phenolic OH excluding ortho intramolecular Hbond substituents is 4. The average Bonchev–Trinajstić information content (AvgIpc) is 2.95. The van der Waals surface area contributed by atoms with E-state index in [2.05, 4.69) is 0 Å². The molecule has 4 N–H and O–H groups in total. The molecule has 0 unspecified atom stereocenters. The molecule has 1 aromatic heterocycles. The van der Waals surface area contributed by atoms with Crippen molar-refractivity contribution in [1.29, 1.82) is 0 Å². The lowest BCUT2D eigenvalue weighted by atomic mass is 10.1. The van der Waals surface area contributed by atoms with Crippen LogP contribution in [0.3, 0.4) is 0 Å². The molecular formula is C31H30O11. The van der Waals surface area contributed by atoms with Crippen molar-refractivity contribution < 1.29 is 48.6 Å². The Labute approximate surface area is 240 Å². The van der Waals surface area contributed by atoms with Crippen LogP contribution in [-0.4, -0.2) is 66.0 Å². The number of fused-ring (bicyclic) bond motifs is 1. The van der Waals surface area contributed by atoms with Crippen molar-refractivity contribution >= 4 is 23.0 Å². The maximum Gasteiger partial charge on any atom is 0.330 e. The van der Waals surface area contributed by atoms with E-state index in [4.69, 9.17) is 23.4 Å². The predicted octanol–water partition coefficient (Wildman–Crippen LogP) is 4.26. The van der Waals surface area contributed by atoms with Crippen LogP contribution in [0.1, 0.15) is 11.1 Å². The zero-order valence-corrected chi connectivity index (χ0v) is 22.7. The summed E-state index contributed by atoms with van der Waals surface area (Å²) >= 11 is 0. The summed E-state index contributed by atoms with van der Waals surface area (Å²) in [5.41, 5.74) is 1.49. The van der Waals surface area contributed by atoms with Gasteiger partial charge in [-0.15, -0.1) is 0 Å². The first-order valence-corrected chi connectivity index (χ1v) is 13.0. The van der Waals surface area contributed by atoms with Crippen LogP contribution in [0.25, 0.3) is 28.4 Å². The van der Waals surface area contributed by atoms with Crippen molar-refractivity contribution in [3.05, 3.63) is 82.0 Å². The lowest BCUT2D eigenvalue weighted by molar-refractivity contribution is -0.139. The molecule has 0 bridgehead atoms. The molecule has 220 valence electrons. The Bertz CT molecular complexity index is 1640. The zero-order valence-electron chi connectivity index (χ0n) is 22.7. The van der Waals surface area contributed by atoms with E-state index < -0.39 is 17.1 Å². The van der Waals surface area contributed by atoms with E-state index in [0.29, 0.717) is 11.1 Å². The monoisotopic (exact) mass is 578 g/mol. The van der Waals surface area contributed by atoms with Crippen LogP contribution in [0.4, 0.5) is 0 Å². The summed E-state index contributed by atoms with van der Waals surface area (Å²) in [6, 6.07) is 13.7. The molecule has 0 aliphatic rings. The largest absolute Gasteiger partial charge is 0.508 e. The molecule has 0 radical (unpaired) electrons. The molecule has 0 saturated heterocycles. The first-order chi connectivity index (χ1) is 20.2. The van der Waals surface area contributed by atoms with Crippen molar-refractivity contribution in [3.63, 3.8) is 0 Å². The van der Waals surface area contributed by atoms with Crippen LogP contribution in [0.5, 0.6) is 28.7 Å². The number of carbonyl (C=O) groups excluding carboxylic acids is 1. The fourth-order valence-electron chi connectivity index (χ4n) is 3.96. The molecule has 11 nitrogen and oxygen atoms in total. The highest BCUT2D eigenvalue weighted by atomic mass is 16.6. The Balaban J connectivity index is 1.22. The van der Waals surface area contributed by atoms with E-state index in [1.807, 2.05) is 25.1 Å². The Kier molecular flexibility index (Phi) is 10.0. The van der Waals surface area contributed by atoms with Gasteiger partial charge >= 0.3 is 5.97 Å². The van der Waals surface area contributed by atoms with Gasteiger partial charge in [-0.3, -0.25) is 4.79 Å². The van der Waals surface area contributed by atoms with Crippen molar-refractivity contribution in [2.75, 3.05) is 39.6 Å². The number of hydrogen-bond acceptors (Lipinski definition) is 11. The molecule has 0 fully saturated rings. The quantitative estimate of drug-likeness (QED) is 0.0775. The number of aryl methyl sites for hydroxylation is 1. The molecule has 0 amide bonds. The normalized spacial score (nSPS) is 11.3. The van der Waals surface area contributed by atoms with Gasteiger partial charge in [-0.1, -0.05) is 29.8 Å². The van der Waals surface area contributed by atoms with Crippen molar-refractivity contribution in [3.8, 4) is 40.1 Å². The van der Waals surface area contributed by atoms with Gasteiger partial charge in [0.1, 0.15) is 35.7 Å². The van der Waals surface area contributed by atoms with Crippen molar-refractivity contribution in [2.45, 2.75) is 6.92 Å². The van der Waals surface area contributed by atoms with E-state index in [9.17, 15) is 30.0 Å². The standard InChI is InChI=1S/C31H30O11/c1-19-3-2-4-21(15-19)30-31(29(37)28-25(35)17-22(32)18-26(28)42-30)41-14-12-39-10-9-38-11-13-40-27(36)8-6-20-5-7-23(33)24(34)16-20/h2-8,15-18,32-35H,9-14H2,1H3/b8-6+. The second-order valence-electron chi connectivity index (χ2n) is 9.12. The molecule has 1 heterocycles. The highest BCUT2D eigenvalue weighted by molar-refractivity contribution is 5.88. The van der Waals surface area contributed by atoms with E-state index in [0.717, 1.165) is 11.6 Å². The van der Waals surface area contributed by atoms with Crippen LogP contribution >= 0.6 is 0 Å². The smallest absolute Gasteiger partial charge is 0.330 e. The first-order valence-electron chi connectivity index (χ1n) is 13.0. The highest BCUT2D eigenvalue weighted by Crippen LogP contribution is 2.35. The van der Waals surface area contributed by atoms with Gasteiger partial charge < -0.3 is 43.8 Å². The van der Waals surface area contributed by atoms with Gasteiger partial charge in [-0.25, -0.2) is 4.79 Å². The van der Waals surface area contributed by atoms with Crippen LogP contribution in [0, 0.1) is 6.92 Å². The topological polar surface area (TPSA) is 165 Å².